The summed E-state index contributed by atoms with van der Waals surface area (Å²) in [5.41, 5.74) is 1.59. The molecule has 4 rings (SSSR count). The Hall–Kier alpha value is -3.75. The number of aryl methyl sites for hydroxylation is 2. The number of rotatable bonds is 5. The average molecular weight is 399 g/mol. The Morgan fingerprint density at radius 3 is 2.79 bits per heavy atom. The number of carbonyl (C=O) groups excluding carboxylic acids is 1. The number of fused-ring (bicyclic) bond motifs is 1. The van der Waals surface area contributed by atoms with Crippen LogP contribution in [0, 0.1) is 11.6 Å². The molecule has 1 N–H and O–H groups in total. The Bertz CT molecular complexity index is 1270. The molecule has 0 spiro atoms. The standard InChI is InChI=1S/C20H15F2N3O4/c1-25-15-9-12(3-5-16(15)29-20(25)27)24-18(26)6-7-19-23-10-17(28-19)13-4-2-11(21)8-14(13)22/h2-5,8-10H,6-7H2,1H3,(H,24,26). The first kappa shape index (κ1) is 18.6. The van der Waals surface area contributed by atoms with Gasteiger partial charge in [-0.15, -0.1) is 0 Å². The molecule has 4 aromatic rings. The normalized spacial score (nSPS) is 11.1. The maximum atomic E-state index is 13.8. The molecule has 1 amide bonds. The number of hydrogen-bond donors (Lipinski definition) is 1. The Kier molecular flexibility index (Phi) is 4.71. The van der Waals surface area contributed by atoms with Gasteiger partial charge in [0.1, 0.15) is 11.6 Å². The summed E-state index contributed by atoms with van der Waals surface area (Å²) in [5.74, 6) is -1.80. The first-order valence-corrected chi connectivity index (χ1v) is 8.70. The molecule has 0 aliphatic carbocycles. The maximum absolute atomic E-state index is 13.8. The van der Waals surface area contributed by atoms with Crippen molar-refractivity contribution in [2.45, 2.75) is 12.8 Å². The third-order valence-electron chi connectivity index (χ3n) is 4.39. The molecule has 0 bridgehead atoms. The molecule has 0 radical (unpaired) electrons. The molecule has 2 aromatic heterocycles. The second kappa shape index (κ2) is 7.34. The molecule has 0 aliphatic rings. The van der Waals surface area contributed by atoms with Crippen LogP contribution in [0.2, 0.25) is 0 Å². The van der Waals surface area contributed by atoms with Crippen molar-refractivity contribution >= 4 is 22.7 Å². The van der Waals surface area contributed by atoms with Crippen LogP contribution < -0.4 is 11.1 Å². The second-order valence-corrected chi connectivity index (χ2v) is 6.40. The first-order valence-electron chi connectivity index (χ1n) is 8.70. The van der Waals surface area contributed by atoms with Gasteiger partial charge < -0.3 is 14.2 Å². The van der Waals surface area contributed by atoms with Gasteiger partial charge in [0.2, 0.25) is 5.91 Å². The van der Waals surface area contributed by atoms with Crippen LogP contribution in [0.1, 0.15) is 12.3 Å². The number of anilines is 1. The molecule has 2 aromatic carbocycles. The summed E-state index contributed by atoms with van der Waals surface area (Å²) in [6.45, 7) is 0. The van der Waals surface area contributed by atoms with E-state index >= 15 is 0 Å². The number of nitrogens with one attached hydrogen (secondary N) is 1. The lowest BCUT2D eigenvalue weighted by Crippen LogP contribution is -2.12. The minimum absolute atomic E-state index is 0.0776. The number of aromatic nitrogens is 2. The lowest BCUT2D eigenvalue weighted by molar-refractivity contribution is -0.116. The fraction of sp³-hybridized carbons (Fsp3) is 0.150. The minimum atomic E-state index is -0.755. The van der Waals surface area contributed by atoms with Crippen molar-refractivity contribution in [1.82, 2.24) is 9.55 Å². The van der Waals surface area contributed by atoms with Gasteiger partial charge in [0.05, 0.1) is 17.3 Å². The molecular weight excluding hydrogens is 384 g/mol. The summed E-state index contributed by atoms with van der Waals surface area (Å²) in [6.07, 6.45) is 1.60. The van der Waals surface area contributed by atoms with Gasteiger partial charge in [-0.2, -0.15) is 0 Å². The SMILES string of the molecule is Cn1c(=O)oc2ccc(NC(=O)CCc3ncc(-c4ccc(F)cc4F)o3)cc21. The van der Waals surface area contributed by atoms with Crippen LogP contribution in [0.25, 0.3) is 22.4 Å². The van der Waals surface area contributed by atoms with Crippen LogP contribution in [0.3, 0.4) is 0 Å². The van der Waals surface area contributed by atoms with Crippen molar-refractivity contribution in [1.29, 1.82) is 0 Å². The molecule has 0 unspecified atom stereocenters. The quantitative estimate of drug-likeness (QED) is 0.553. The van der Waals surface area contributed by atoms with Crippen LogP contribution >= 0.6 is 0 Å². The molecule has 148 valence electrons. The molecule has 0 aliphatic heterocycles. The van der Waals surface area contributed by atoms with Gasteiger partial charge in [0.25, 0.3) is 0 Å². The van der Waals surface area contributed by atoms with E-state index in [2.05, 4.69) is 10.3 Å². The number of hydrogen-bond acceptors (Lipinski definition) is 5. The number of oxazole rings is 2. The van der Waals surface area contributed by atoms with E-state index in [-0.39, 0.29) is 36.0 Å². The van der Waals surface area contributed by atoms with Gasteiger partial charge >= 0.3 is 5.76 Å². The van der Waals surface area contributed by atoms with Crippen LogP contribution in [-0.2, 0) is 18.3 Å². The molecule has 0 saturated heterocycles. The molecule has 9 heteroatoms. The third-order valence-corrected chi connectivity index (χ3v) is 4.39. The van der Waals surface area contributed by atoms with E-state index in [0.29, 0.717) is 16.8 Å². The van der Waals surface area contributed by atoms with Gasteiger partial charge in [-0.05, 0) is 30.3 Å². The largest absolute Gasteiger partial charge is 0.441 e. The van der Waals surface area contributed by atoms with Crippen molar-refractivity contribution in [3.8, 4) is 11.3 Å². The Balaban J connectivity index is 1.41. The molecule has 0 atom stereocenters. The molecule has 29 heavy (non-hydrogen) atoms. The summed E-state index contributed by atoms with van der Waals surface area (Å²) in [7, 11) is 1.57. The van der Waals surface area contributed by atoms with E-state index in [9.17, 15) is 18.4 Å². The average Bonchev–Trinajstić information content (AvgIpc) is 3.25. The highest BCUT2D eigenvalue weighted by Crippen LogP contribution is 2.24. The van der Waals surface area contributed by atoms with Crippen LogP contribution in [0.15, 0.2) is 56.2 Å². The van der Waals surface area contributed by atoms with Gasteiger partial charge in [-0.1, -0.05) is 0 Å². The van der Waals surface area contributed by atoms with Crippen molar-refractivity contribution in [3.05, 3.63) is 70.7 Å². The molecular formula is C20H15F2N3O4. The highest BCUT2D eigenvalue weighted by Gasteiger charge is 2.14. The third kappa shape index (κ3) is 3.79. The van der Waals surface area contributed by atoms with Crippen LogP contribution in [0.4, 0.5) is 14.5 Å². The Morgan fingerprint density at radius 1 is 1.17 bits per heavy atom. The number of halogens is 2. The van der Waals surface area contributed by atoms with Gasteiger partial charge in [-0.3, -0.25) is 9.36 Å². The topological polar surface area (TPSA) is 90.3 Å². The summed E-state index contributed by atoms with van der Waals surface area (Å²) >= 11 is 0. The molecule has 7 nitrogen and oxygen atoms in total. The fourth-order valence-electron chi connectivity index (χ4n) is 2.89. The van der Waals surface area contributed by atoms with Gasteiger partial charge in [0.15, 0.2) is 17.2 Å². The van der Waals surface area contributed by atoms with Crippen LogP contribution in [-0.4, -0.2) is 15.5 Å². The van der Waals surface area contributed by atoms with Gasteiger partial charge in [0, 0.05) is 31.6 Å². The zero-order valence-electron chi connectivity index (χ0n) is 15.2. The van der Waals surface area contributed by atoms with Gasteiger partial charge in [-0.25, -0.2) is 18.6 Å². The summed E-state index contributed by atoms with van der Waals surface area (Å²) < 4.78 is 38.7. The fourth-order valence-corrected chi connectivity index (χ4v) is 2.89. The van der Waals surface area contributed by atoms with E-state index in [1.165, 1.54) is 16.8 Å². The lowest BCUT2D eigenvalue weighted by atomic mass is 10.2. The Labute approximate surface area is 162 Å². The van der Waals surface area contributed by atoms with Crippen molar-refractivity contribution in [3.63, 3.8) is 0 Å². The number of carbonyl (C=O) groups is 1. The van der Waals surface area contributed by atoms with Crippen molar-refractivity contribution in [2.24, 2.45) is 7.05 Å². The highest BCUT2D eigenvalue weighted by molar-refractivity contribution is 5.92. The first-order chi connectivity index (χ1) is 13.9. The number of benzene rings is 2. The highest BCUT2D eigenvalue weighted by atomic mass is 19.1. The predicted molar refractivity (Wildman–Crippen MR) is 100 cm³/mol. The smallest absolute Gasteiger partial charge is 0.419 e. The monoisotopic (exact) mass is 399 g/mol. The molecule has 0 saturated carbocycles. The molecule has 2 heterocycles. The minimum Gasteiger partial charge on any atom is -0.441 e. The zero-order chi connectivity index (χ0) is 20.5. The number of amides is 1. The van der Waals surface area contributed by atoms with E-state index in [0.717, 1.165) is 12.1 Å². The number of nitrogens with zero attached hydrogens (tertiary/aromatic N) is 2. The van der Waals surface area contributed by atoms with E-state index in [1.54, 1.807) is 25.2 Å². The van der Waals surface area contributed by atoms with E-state index in [4.69, 9.17) is 8.83 Å². The Morgan fingerprint density at radius 2 is 2.00 bits per heavy atom. The van der Waals surface area contributed by atoms with Crippen molar-refractivity contribution in [2.75, 3.05) is 5.32 Å². The van der Waals surface area contributed by atoms with E-state index in [1.807, 2.05) is 0 Å². The zero-order valence-corrected chi connectivity index (χ0v) is 15.2. The summed E-state index contributed by atoms with van der Waals surface area (Å²) in [5, 5.41) is 2.73. The summed E-state index contributed by atoms with van der Waals surface area (Å²) in [4.78, 5) is 27.8. The van der Waals surface area contributed by atoms with Crippen LogP contribution in [0.5, 0.6) is 0 Å². The predicted octanol–water partition coefficient (Wildman–Crippen LogP) is 3.64. The lowest BCUT2D eigenvalue weighted by Gasteiger charge is -2.04. The second-order valence-electron chi connectivity index (χ2n) is 6.40. The maximum Gasteiger partial charge on any atom is 0.419 e. The molecule has 0 fully saturated rings. The summed E-state index contributed by atoms with van der Waals surface area (Å²) in [6, 6.07) is 8.02. The van der Waals surface area contributed by atoms with E-state index < -0.39 is 17.4 Å². The van der Waals surface area contributed by atoms with Crippen molar-refractivity contribution < 1.29 is 22.4 Å².